The lowest BCUT2D eigenvalue weighted by Crippen LogP contribution is -2.38. The van der Waals surface area contributed by atoms with Crippen LogP contribution in [-0.2, 0) is 19.3 Å². The van der Waals surface area contributed by atoms with E-state index in [0.717, 1.165) is 29.7 Å². The minimum atomic E-state index is 0.107. The lowest BCUT2D eigenvalue weighted by molar-refractivity contribution is 0.396. The zero-order chi connectivity index (χ0) is 14.6. The third-order valence-electron chi connectivity index (χ3n) is 2.74. The molecule has 110 valence electrons. The molecule has 0 amide bonds. The van der Waals surface area contributed by atoms with Crippen LogP contribution >= 0.6 is 11.8 Å². The van der Waals surface area contributed by atoms with E-state index in [1.165, 1.54) is 0 Å². The molecule has 0 aromatic carbocycles. The van der Waals surface area contributed by atoms with E-state index in [4.69, 9.17) is 0 Å². The molecule has 0 aliphatic carbocycles. The van der Waals surface area contributed by atoms with Crippen LogP contribution in [0.2, 0.25) is 0 Å². The van der Waals surface area contributed by atoms with Gasteiger partial charge in [0.15, 0.2) is 0 Å². The highest BCUT2D eigenvalue weighted by atomic mass is 32.2. The maximum absolute atomic E-state index is 4.10. The zero-order valence-corrected chi connectivity index (χ0v) is 13.2. The van der Waals surface area contributed by atoms with Crippen LogP contribution < -0.4 is 5.32 Å². The number of aromatic nitrogens is 6. The van der Waals surface area contributed by atoms with Gasteiger partial charge in [-0.05, 0) is 31.2 Å². The molecule has 0 atom stereocenters. The van der Waals surface area contributed by atoms with Gasteiger partial charge in [-0.3, -0.25) is 0 Å². The van der Waals surface area contributed by atoms with Gasteiger partial charge in [-0.15, -0.1) is 5.10 Å². The van der Waals surface area contributed by atoms with Gasteiger partial charge in [-0.25, -0.2) is 9.67 Å². The van der Waals surface area contributed by atoms with Crippen molar-refractivity contribution >= 4 is 11.8 Å². The minimum Gasteiger partial charge on any atom is -0.337 e. The Labute approximate surface area is 123 Å². The summed E-state index contributed by atoms with van der Waals surface area (Å²) in [7, 11) is 1.99. The van der Waals surface area contributed by atoms with Crippen molar-refractivity contribution in [1.82, 2.24) is 35.1 Å². The molecule has 2 heterocycles. The Balaban J connectivity index is 1.87. The lowest BCUT2D eigenvalue weighted by atomic mass is 10.1. The fraction of sp³-hybridized carbons (Fsp3) is 0.667. The number of rotatable bonds is 6. The van der Waals surface area contributed by atoms with Gasteiger partial charge in [0.25, 0.3) is 0 Å². The first kappa shape index (κ1) is 15.0. The third kappa shape index (κ3) is 4.31. The molecule has 0 spiro atoms. The first-order chi connectivity index (χ1) is 9.46. The van der Waals surface area contributed by atoms with Gasteiger partial charge < -0.3 is 9.88 Å². The van der Waals surface area contributed by atoms with Gasteiger partial charge in [0.2, 0.25) is 5.16 Å². The predicted octanol–water partition coefficient (Wildman–Crippen LogP) is 1.09. The zero-order valence-electron chi connectivity index (χ0n) is 12.4. The predicted molar refractivity (Wildman–Crippen MR) is 78.3 cm³/mol. The molecule has 0 saturated carbocycles. The second-order valence-electron chi connectivity index (χ2n) is 5.65. The lowest BCUT2D eigenvalue weighted by Gasteiger charge is -2.20. The first-order valence-electron chi connectivity index (χ1n) is 6.55. The van der Waals surface area contributed by atoms with Crippen molar-refractivity contribution < 1.29 is 0 Å². The fourth-order valence-electron chi connectivity index (χ4n) is 1.64. The molecule has 0 saturated heterocycles. The van der Waals surface area contributed by atoms with Crippen LogP contribution in [0.4, 0.5) is 0 Å². The Morgan fingerprint density at radius 3 is 2.80 bits per heavy atom. The Bertz CT molecular complexity index is 540. The van der Waals surface area contributed by atoms with E-state index < -0.39 is 0 Å². The van der Waals surface area contributed by atoms with Crippen molar-refractivity contribution in [3.63, 3.8) is 0 Å². The number of imidazole rings is 1. The summed E-state index contributed by atoms with van der Waals surface area (Å²) in [5.74, 6) is 0.809. The molecule has 2 aromatic rings. The van der Waals surface area contributed by atoms with Gasteiger partial charge in [-0.1, -0.05) is 11.8 Å². The first-order valence-corrected chi connectivity index (χ1v) is 7.53. The fourth-order valence-corrected chi connectivity index (χ4v) is 2.57. The second-order valence-corrected chi connectivity index (χ2v) is 6.59. The number of hydrogen-bond acceptors (Lipinski definition) is 6. The van der Waals surface area contributed by atoms with E-state index in [9.17, 15) is 0 Å². The van der Waals surface area contributed by atoms with Crippen LogP contribution in [0.5, 0.6) is 0 Å². The smallest absolute Gasteiger partial charge is 0.209 e. The summed E-state index contributed by atoms with van der Waals surface area (Å²) in [6.45, 7) is 8.03. The van der Waals surface area contributed by atoms with E-state index in [-0.39, 0.29) is 5.54 Å². The molecular formula is C12H21N7S. The molecule has 0 radical (unpaired) electrons. The van der Waals surface area contributed by atoms with Gasteiger partial charge in [0.05, 0.1) is 12.9 Å². The average molecular weight is 295 g/mol. The average Bonchev–Trinajstić information content (AvgIpc) is 2.94. The molecule has 0 aliphatic rings. The van der Waals surface area contributed by atoms with Crippen molar-refractivity contribution in [1.29, 1.82) is 0 Å². The van der Waals surface area contributed by atoms with Crippen molar-refractivity contribution in [2.45, 2.75) is 43.8 Å². The number of aryl methyl sites for hydroxylation is 1. The second kappa shape index (κ2) is 6.36. The number of thioether (sulfide) groups is 1. The molecule has 7 nitrogen and oxygen atoms in total. The Morgan fingerprint density at radius 1 is 1.35 bits per heavy atom. The molecule has 0 fully saturated rings. The van der Waals surface area contributed by atoms with Gasteiger partial charge in [0, 0.05) is 36.8 Å². The Morgan fingerprint density at radius 2 is 2.15 bits per heavy atom. The van der Waals surface area contributed by atoms with Crippen LogP contribution in [0.15, 0.2) is 17.7 Å². The van der Waals surface area contributed by atoms with Crippen molar-refractivity contribution in [3.8, 4) is 0 Å². The van der Waals surface area contributed by atoms with Crippen molar-refractivity contribution in [2.75, 3.05) is 6.54 Å². The molecular weight excluding hydrogens is 274 g/mol. The standard InChI is InChI=1S/C12H21N7S/c1-12(2,3)14-5-6-19-11(15-16-17-19)20-8-10-7-13-9-18(10)4/h7,9,14H,5-6,8H2,1-4H3. The van der Waals surface area contributed by atoms with Crippen LogP contribution in [0, 0.1) is 0 Å². The summed E-state index contributed by atoms with van der Waals surface area (Å²) in [4.78, 5) is 4.10. The summed E-state index contributed by atoms with van der Waals surface area (Å²) in [5.41, 5.74) is 1.26. The normalized spacial score (nSPS) is 12.0. The molecule has 8 heteroatoms. The van der Waals surface area contributed by atoms with Gasteiger partial charge in [0.1, 0.15) is 0 Å². The Hall–Kier alpha value is -1.41. The van der Waals surface area contributed by atoms with Crippen LogP contribution in [0.1, 0.15) is 26.5 Å². The molecule has 2 aromatic heterocycles. The molecule has 2 rings (SSSR count). The summed E-state index contributed by atoms with van der Waals surface area (Å²) in [6, 6.07) is 0. The quantitative estimate of drug-likeness (QED) is 0.804. The highest BCUT2D eigenvalue weighted by Crippen LogP contribution is 2.19. The number of nitrogens with one attached hydrogen (secondary N) is 1. The number of nitrogens with zero attached hydrogens (tertiary/aromatic N) is 6. The van der Waals surface area contributed by atoms with Gasteiger partial charge >= 0.3 is 0 Å². The minimum absolute atomic E-state index is 0.107. The third-order valence-corrected chi connectivity index (χ3v) is 3.73. The molecule has 0 aliphatic heterocycles. The highest BCUT2D eigenvalue weighted by molar-refractivity contribution is 7.98. The topological polar surface area (TPSA) is 73.5 Å². The van der Waals surface area contributed by atoms with E-state index in [1.54, 1.807) is 18.1 Å². The van der Waals surface area contributed by atoms with Gasteiger partial charge in [-0.2, -0.15) is 0 Å². The van der Waals surface area contributed by atoms with Crippen LogP contribution in [-0.4, -0.2) is 41.8 Å². The molecule has 0 bridgehead atoms. The summed E-state index contributed by atoms with van der Waals surface area (Å²) >= 11 is 1.62. The van der Waals surface area contributed by atoms with E-state index in [1.807, 2.05) is 22.5 Å². The highest BCUT2D eigenvalue weighted by Gasteiger charge is 2.11. The van der Waals surface area contributed by atoms with E-state index >= 15 is 0 Å². The monoisotopic (exact) mass is 295 g/mol. The van der Waals surface area contributed by atoms with Crippen LogP contribution in [0.3, 0.4) is 0 Å². The van der Waals surface area contributed by atoms with E-state index in [2.05, 4.69) is 46.6 Å². The largest absolute Gasteiger partial charge is 0.337 e. The maximum atomic E-state index is 4.10. The number of hydrogen-bond donors (Lipinski definition) is 1. The summed E-state index contributed by atoms with van der Waals surface area (Å²) in [6.07, 6.45) is 3.66. The van der Waals surface area contributed by atoms with Crippen LogP contribution in [0.25, 0.3) is 0 Å². The van der Waals surface area contributed by atoms with E-state index in [0.29, 0.717) is 0 Å². The maximum Gasteiger partial charge on any atom is 0.209 e. The van der Waals surface area contributed by atoms with Crippen molar-refractivity contribution in [3.05, 3.63) is 18.2 Å². The molecule has 0 unspecified atom stereocenters. The molecule has 20 heavy (non-hydrogen) atoms. The SMILES string of the molecule is Cn1cncc1CSc1nnnn1CCNC(C)(C)C. The summed E-state index contributed by atoms with van der Waals surface area (Å²) in [5, 5.41) is 16.1. The number of tetrazole rings is 1. The Kier molecular flexibility index (Phi) is 4.77. The molecule has 1 N–H and O–H groups in total. The van der Waals surface area contributed by atoms with Crippen molar-refractivity contribution in [2.24, 2.45) is 7.05 Å². The summed E-state index contributed by atoms with van der Waals surface area (Å²) < 4.78 is 3.84.